The van der Waals surface area contributed by atoms with Crippen LogP contribution in [-0.4, -0.2) is 35.6 Å². The van der Waals surface area contributed by atoms with Gasteiger partial charge in [0.2, 0.25) is 0 Å². The molecule has 2 aliphatic rings. The molecule has 2 rings (SSSR count). The molecular formula is C16H32N2. The Hall–Kier alpha value is -0.0800. The molecule has 0 spiro atoms. The average Bonchev–Trinajstić information content (AvgIpc) is 2.92. The number of hydrogen-bond donors (Lipinski definition) is 1. The fourth-order valence-corrected chi connectivity index (χ4v) is 3.75. The van der Waals surface area contributed by atoms with E-state index < -0.39 is 0 Å². The Labute approximate surface area is 114 Å². The summed E-state index contributed by atoms with van der Waals surface area (Å²) < 4.78 is 0. The van der Waals surface area contributed by atoms with Crippen molar-refractivity contribution in [1.82, 2.24) is 10.2 Å². The van der Waals surface area contributed by atoms with Crippen LogP contribution >= 0.6 is 0 Å². The highest BCUT2D eigenvalue weighted by atomic mass is 15.3. The van der Waals surface area contributed by atoms with Crippen molar-refractivity contribution in [3.05, 3.63) is 0 Å². The highest BCUT2D eigenvalue weighted by Crippen LogP contribution is 2.34. The monoisotopic (exact) mass is 252 g/mol. The van der Waals surface area contributed by atoms with Crippen molar-refractivity contribution in [2.75, 3.05) is 13.1 Å². The van der Waals surface area contributed by atoms with Crippen molar-refractivity contribution >= 4 is 0 Å². The molecular weight excluding hydrogens is 220 g/mol. The Morgan fingerprint density at radius 3 is 2.50 bits per heavy atom. The van der Waals surface area contributed by atoms with Gasteiger partial charge in [-0.2, -0.15) is 0 Å². The summed E-state index contributed by atoms with van der Waals surface area (Å²) in [5.41, 5.74) is 0.388. The molecule has 18 heavy (non-hydrogen) atoms. The van der Waals surface area contributed by atoms with E-state index in [1.807, 2.05) is 0 Å². The molecule has 1 heterocycles. The minimum atomic E-state index is 0.388. The normalized spacial score (nSPS) is 37.0. The van der Waals surface area contributed by atoms with Gasteiger partial charge in [-0.15, -0.1) is 0 Å². The predicted molar refractivity (Wildman–Crippen MR) is 78.9 cm³/mol. The summed E-state index contributed by atoms with van der Waals surface area (Å²) in [6.07, 6.45) is 8.32. The molecule has 2 nitrogen and oxygen atoms in total. The maximum Gasteiger partial charge on any atom is 0.0306 e. The lowest BCUT2D eigenvalue weighted by Crippen LogP contribution is -2.66. The quantitative estimate of drug-likeness (QED) is 0.825. The molecule has 106 valence electrons. The van der Waals surface area contributed by atoms with Crippen molar-refractivity contribution in [1.29, 1.82) is 0 Å². The van der Waals surface area contributed by atoms with E-state index in [-0.39, 0.29) is 0 Å². The van der Waals surface area contributed by atoms with E-state index in [1.54, 1.807) is 0 Å². The van der Waals surface area contributed by atoms with Crippen LogP contribution in [0.3, 0.4) is 0 Å². The summed E-state index contributed by atoms with van der Waals surface area (Å²) in [7, 11) is 0. The molecule has 0 aromatic carbocycles. The first kappa shape index (κ1) is 14.3. The minimum Gasteiger partial charge on any atom is -0.311 e. The Morgan fingerprint density at radius 2 is 1.94 bits per heavy atom. The van der Waals surface area contributed by atoms with Crippen LogP contribution in [0.1, 0.15) is 66.2 Å². The molecule has 1 saturated carbocycles. The van der Waals surface area contributed by atoms with Crippen LogP contribution in [0.25, 0.3) is 0 Å². The molecule has 0 bridgehead atoms. The second kappa shape index (κ2) is 5.92. The van der Waals surface area contributed by atoms with E-state index in [1.165, 1.54) is 51.6 Å². The van der Waals surface area contributed by atoms with Gasteiger partial charge in [0.25, 0.3) is 0 Å². The summed E-state index contributed by atoms with van der Waals surface area (Å²) in [5.74, 6) is 0.801. The molecule has 1 N–H and O–H groups in total. The first-order valence-corrected chi connectivity index (χ1v) is 8.11. The van der Waals surface area contributed by atoms with Crippen LogP contribution in [0.5, 0.6) is 0 Å². The third-order valence-corrected chi connectivity index (χ3v) is 5.69. The van der Waals surface area contributed by atoms with Gasteiger partial charge in [-0.25, -0.2) is 0 Å². The molecule has 3 unspecified atom stereocenters. The summed E-state index contributed by atoms with van der Waals surface area (Å²) in [6, 6.07) is 1.57. The van der Waals surface area contributed by atoms with Gasteiger partial charge in [0.15, 0.2) is 0 Å². The Bertz CT molecular complexity index is 260. The summed E-state index contributed by atoms with van der Waals surface area (Å²) in [6.45, 7) is 12.0. The maximum atomic E-state index is 3.82. The van der Waals surface area contributed by atoms with Crippen molar-refractivity contribution in [3.63, 3.8) is 0 Å². The SMILES string of the molecule is CCC(C)C1CN(C2CCCC2)C(C)(CC)CN1. The van der Waals surface area contributed by atoms with Crippen molar-refractivity contribution in [3.8, 4) is 0 Å². The van der Waals surface area contributed by atoms with E-state index in [4.69, 9.17) is 0 Å². The van der Waals surface area contributed by atoms with E-state index in [2.05, 4.69) is 37.9 Å². The van der Waals surface area contributed by atoms with Crippen LogP contribution < -0.4 is 5.32 Å². The van der Waals surface area contributed by atoms with Crippen molar-refractivity contribution in [2.45, 2.75) is 83.8 Å². The Balaban J connectivity index is 2.08. The Kier molecular flexibility index (Phi) is 4.71. The average molecular weight is 252 g/mol. The summed E-state index contributed by atoms with van der Waals surface area (Å²) >= 11 is 0. The van der Waals surface area contributed by atoms with E-state index in [0.29, 0.717) is 11.6 Å². The lowest BCUT2D eigenvalue weighted by atomic mass is 9.86. The van der Waals surface area contributed by atoms with Gasteiger partial charge in [-0.3, -0.25) is 4.90 Å². The second-order valence-corrected chi connectivity index (χ2v) is 6.81. The zero-order valence-corrected chi connectivity index (χ0v) is 12.8. The van der Waals surface area contributed by atoms with Crippen LogP contribution in [-0.2, 0) is 0 Å². The first-order chi connectivity index (χ1) is 8.60. The van der Waals surface area contributed by atoms with Crippen LogP contribution in [0.4, 0.5) is 0 Å². The molecule has 0 radical (unpaired) electrons. The number of piperazine rings is 1. The highest BCUT2D eigenvalue weighted by Gasteiger charge is 2.41. The van der Waals surface area contributed by atoms with Gasteiger partial charge in [0.1, 0.15) is 0 Å². The summed E-state index contributed by atoms with van der Waals surface area (Å²) in [5, 5.41) is 3.82. The third-order valence-electron chi connectivity index (χ3n) is 5.69. The smallest absolute Gasteiger partial charge is 0.0306 e. The zero-order valence-electron chi connectivity index (χ0n) is 12.8. The molecule has 3 atom stereocenters. The molecule has 2 fully saturated rings. The molecule has 1 aliphatic heterocycles. The minimum absolute atomic E-state index is 0.388. The Morgan fingerprint density at radius 1 is 1.28 bits per heavy atom. The van der Waals surface area contributed by atoms with Gasteiger partial charge >= 0.3 is 0 Å². The van der Waals surface area contributed by atoms with Gasteiger partial charge in [-0.05, 0) is 32.1 Å². The lowest BCUT2D eigenvalue weighted by Gasteiger charge is -2.52. The first-order valence-electron chi connectivity index (χ1n) is 8.11. The fraction of sp³-hybridized carbons (Fsp3) is 1.00. The molecule has 0 aromatic heterocycles. The zero-order chi connectivity index (χ0) is 13.2. The van der Waals surface area contributed by atoms with Gasteiger partial charge in [-0.1, -0.05) is 40.0 Å². The third kappa shape index (κ3) is 2.75. The van der Waals surface area contributed by atoms with Crippen molar-refractivity contribution < 1.29 is 0 Å². The fourth-order valence-electron chi connectivity index (χ4n) is 3.75. The predicted octanol–water partition coefficient (Wildman–Crippen LogP) is 3.42. The standard InChI is InChI=1S/C16H32N2/c1-5-13(3)15-11-18(14-9-7-8-10-14)16(4,6-2)12-17-15/h13-15,17H,5-12H2,1-4H3. The topological polar surface area (TPSA) is 15.3 Å². The van der Waals surface area contributed by atoms with E-state index in [9.17, 15) is 0 Å². The van der Waals surface area contributed by atoms with Crippen LogP contribution in [0, 0.1) is 5.92 Å². The number of nitrogens with one attached hydrogen (secondary N) is 1. The van der Waals surface area contributed by atoms with Crippen molar-refractivity contribution in [2.24, 2.45) is 5.92 Å². The highest BCUT2D eigenvalue weighted by molar-refractivity contribution is 4.99. The van der Waals surface area contributed by atoms with E-state index in [0.717, 1.165) is 12.0 Å². The van der Waals surface area contributed by atoms with E-state index >= 15 is 0 Å². The van der Waals surface area contributed by atoms with Gasteiger partial charge < -0.3 is 5.32 Å². The number of rotatable bonds is 4. The summed E-state index contributed by atoms with van der Waals surface area (Å²) in [4.78, 5) is 2.87. The number of hydrogen-bond acceptors (Lipinski definition) is 2. The molecule has 1 aliphatic carbocycles. The number of nitrogens with zero attached hydrogens (tertiary/aromatic N) is 1. The molecule has 0 aromatic rings. The van der Waals surface area contributed by atoms with Crippen LogP contribution in [0.15, 0.2) is 0 Å². The molecule has 2 heteroatoms. The maximum absolute atomic E-state index is 3.82. The van der Waals surface area contributed by atoms with Crippen LogP contribution in [0.2, 0.25) is 0 Å². The molecule has 1 saturated heterocycles. The van der Waals surface area contributed by atoms with Gasteiger partial charge in [0.05, 0.1) is 0 Å². The largest absolute Gasteiger partial charge is 0.311 e. The van der Waals surface area contributed by atoms with Gasteiger partial charge in [0, 0.05) is 30.7 Å². The second-order valence-electron chi connectivity index (χ2n) is 6.81. The molecule has 0 amide bonds. The lowest BCUT2D eigenvalue weighted by molar-refractivity contribution is 0.00220.